The first kappa shape index (κ1) is 15.5. The Labute approximate surface area is 134 Å². The van der Waals surface area contributed by atoms with Crippen molar-refractivity contribution in [2.75, 3.05) is 6.54 Å². The maximum absolute atomic E-state index is 11.8. The molecule has 1 aliphatic carbocycles. The van der Waals surface area contributed by atoms with Gasteiger partial charge in [-0.05, 0) is 36.8 Å². The van der Waals surface area contributed by atoms with Crippen molar-refractivity contribution in [2.24, 2.45) is 5.92 Å². The zero-order valence-electron chi connectivity index (χ0n) is 13.7. The fourth-order valence-corrected chi connectivity index (χ4v) is 3.56. The zero-order valence-corrected chi connectivity index (χ0v) is 13.7. The van der Waals surface area contributed by atoms with Gasteiger partial charge in [-0.3, -0.25) is 4.79 Å². The molecule has 1 heterocycles. The van der Waals surface area contributed by atoms with Gasteiger partial charge in [-0.25, -0.2) is 0 Å². The van der Waals surface area contributed by atoms with E-state index in [-0.39, 0.29) is 0 Å². The second kappa shape index (κ2) is 7.28. The van der Waals surface area contributed by atoms with E-state index in [9.17, 15) is 4.79 Å². The molecule has 0 unspecified atom stereocenters. The molecule has 120 valence electrons. The Balaban J connectivity index is 1.54. The van der Waals surface area contributed by atoms with Crippen LogP contribution in [0.4, 0.5) is 0 Å². The molecule has 0 bridgehead atoms. The minimum atomic E-state index is 0.307. The number of rotatable bonds is 7. The Morgan fingerprint density at radius 1 is 1.23 bits per heavy atom. The molecule has 3 nitrogen and oxygen atoms in total. The van der Waals surface area contributed by atoms with E-state index in [1.165, 1.54) is 36.8 Å². The van der Waals surface area contributed by atoms with Crippen molar-refractivity contribution in [3.05, 3.63) is 35.4 Å². The molecule has 0 radical (unpaired) electrons. The van der Waals surface area contributed by atoms with Gasteiger partial charge in [0.05, 0.1) is 0 Å². The van der Waals surface area contributed by atoms with Crippen LogP contribution in [0.5, 0.6) is 0 Å². The average Bonchev–Trinajstić information content (AvgIpc) is 2.87. The zero-order chi connectivity index (χ0) is 15.4. The van der Waals surface area contributed by atoms with Gasteiger partial charge < -0.3 is 10.2 Å². The van der Waals surface area contributed by atoms with Gasteiger partial charge in [-0.15, -0.1) is 0 Å². The lowest BCUT2D eigenvalue weighted by atomic mass is 9.81. The van der Waals surface area contributed by atoms with E-state index in [0.29, 0.717) is 11.9 Å². The van der Waals surface area contributed by atoms with Gasteiger partial charge in [-0.2, -0.15) is 0 Å². The minimum Gasteiger partial charge on any atom is -0.338 e. The lowest BCUT2D eigenvalue weighted by molar-refractivity contribution is -0.128. The van der Waals surface area contributed by atoms with E-state index in [1.54, 1.807) is 0 Å². The number of amides is 1. The van der Waals surface area contributed by atoms with Gasteiger partial charge >= 0.3 is 0 Å². The van der Waals surface area contributed by atoms with Gasteiger partial charge in [0, 0.05) is 32.1 Å². The topological polar surface area (TPSA) is 32.3 Å². The summed E-state index contributed by atoms with van der Waals surface area (Å²) in [7, 11) is 0. The monoisotopic (exact) mass is 300 g/mol. The maximum Gasteiger partial charge on any atom is 0.222 e. The first-order valence-corrected chi connectivity index (χ1v) is 8.80. The Hall–Kier alpha value is -1.35. The fraction of sp³-hybridized carbons (Fsp3) is 0.632. The van der Waals surface area contributed by atoms with Crippen LogP contribution >= 0.6 is 0 Å². The molecule has 2 fully saturated rings. The Morgan fingerprint density at radius 3 is 2.64 bits per heavy atom. The minimum absolute atomic E-state index is 0.307. The molecule has 1 aliphatic heterocycles. The molecule has 1 amide bonds. The third-order valence-electron chi connectivity index (χ3n) is 5.20. The molecular formula is C19H28N2O. The quantitative estimate of drug-likeness (QED) is 0.836. The summed E-state index contributed by atoms with van der Waals surface area (Å²) in [5.41, 5.74) is 2.63. The summed E-state index contributed by atoms with van der Waals surface area (Å²) in [6.07, 6.45) is 7.28. The van der Waals surface area contributed by atoms with Crippen LogP contribution in [0.3, 0.4) is 0 Å². The molecule has 22 heavy (non-hydrogen) atoms. The van der Waals surface area contributed by atoms with E-state index < -0.39 is 0 Å². The summed E-state index contributed by atoms with van der Waals surface area (Å²) in [5, 5.41) is 3.67. The number of nitrogens with zero attached hydrogens (tertiary/aromatic N) is 1. The lowest BCUT2D eigenvalue weighted by Crippen LogP contribution is -2.30. The summed E-state index contributed by atoms with van der Waals surface area (Å²) in [5.74, 6) is 1.25. The maximum atomic E-state index is 11.8. The summed E-state index contributed by atoms with van der Waals surface area (Å²) < 4.78 is 0. The SMILES string of the molecule is C[C@H](CC1CCC1)NCc1ccccc1CN1CCCC1=O. The molecule has 1 N–H and O–H groups in total. The second-order valence-electron chi connectivity index (χ2n) is 7.00. The van der Waals surface area contributed by atoms with Crippen LogP contribution in [0.15, 0.2) is 24.3 Å². The third-order valence-corrected chi connectivity index (χ3v) is 5.20. The molecule has 3 heteroatoms. The van der Waals surface area contributed by atoms with E-state index in [1.807, 2.05) is 4.90 Å². The van der Waals surface area contributed by atoms with E-state index in [2.05, 4.69) is 36.5 Å². The van der Waals surface area contributed by atoms with Gasteiger partial charge in [0.2, 0.25) is 5.91 Å². The molecule has 1 aromatic rings. The molecule has 1 saturated heterocycles. The Kier molecular flexibility index (Phi) is 5.14. The summed E-state index contributed by atoms with van der Waals surface area (Å²) in [4.78, 5) is 13.8. The number of hydrogen-bond donors (Lipinski definition) is 1. The highest BCUT2D eigenvalue weighted by atomic mass is 16.2. The number of likely N-dealkylation sites (tertiary alicyclic amines) is 1. The van der Waals surface area contributed by atoms with Crippen molar-refractivity contribution in [2.45, 2.75) is 64.6 Å². The summed E-state index contributed by atoms with van der Waals surface area (Å²) >= 11 is 0. The molecule has 0 aromatic heterocycles. The Morgan fingerprint density at radius 2 is 2.00 bits per heavy atom. The normalized spacial score (nSPS) is 20.2. The van der Waals surface area contributed by atoms with Crippen LogP contribution in [0.1, 0.15) is 56.6 Å². The molecule has 1 aromatic carbocycles. The summed E-state index contributed by atoms with van der Waals surface area (Å²) in [6.45, 7) is 4.89. The van der Waals surface area contributed by atoms with Gasteiger partial charge in [0.25, 0.3) is 0 Å². The van der Waals surface area contributed by atoms with Gasteiger partial charge in [0.15, 0.2) is 0 Å². The van der Waals surface area contributed by atoms with Gasteiger partial charge in [0.1, 0.15) is 0 Å². The third kappa shape index (κ3) is 3.89. The van der Waals surface area contributed by atoms with E-state index in [4.69, 9.17) is 0 Å². The smallest absolute Gasteiger partial charge is 0.222 e. The lowest BCUT2D eigenvalue weighted by Gasteiger charge is -2.28. The van der Waals surface area contributed by atoms with E-state index in [0.717, 1.165) is 38.4 Å². The van der Waals surface area contributed by atoms with Crippen LogP contribution in [-0.4, -0.2) is 23.4 Å². The molecule has 1 saturated carbocycles. The first-order chi connectivity index (χ1) is 10.7. The largest absolute Gasteiger partial charge is 0.338 e. The first-order valence-electron chi connectivity index (χ1n) is 8.80. The highest BCUT2D eigenvalue weighted by molar-refractivity contribution is 5.78. The number of hydrogen-bond acceptors (Lipinski definition) is 2. The van der Waals surface area contributed by atoms with E-state index >= 15 is 0 Å². The van der Waals surface area contributed by atoms with Crippen LogP contribution < -0.4 is 5.32 Å². The predicted octanol–water partition coefficient (Wildman–Crippen LogP) is 3.48. The molecular weight excluding hydrogens is 272 g/mol. The highest BCUT2D eigenvalue weighted by Gasteiger charge is 2.22. The highest BCUT2D eigenvalue weighted by Crippen LogP contribution is 2.30. The predicted molar refractivity (Wildman–Crippen MR) is 89.4 cm³/mol. The fourth-order valence-electron chi connectivity index (χ4n) is 3.56. The van der Waals surface area contributed by atoms with Crippen molar-refractivity contribution in [1.29, 1.82) is 0 Å². The van der Waals surface area contributed by atoms with Gasteiger partial charge in [-0.1, -0.05) is 43.5 Å². The number of benzene rings is 1. The second-order valence-corrected chi connectivity index (χ2v) is 7.00. The molecule has 2 aliphatic rings. The Bertz CT molecular complexity index is 510. The van der Waals surface area contributed by atoms with Crippen molar-refractivity contribution in [3.8, 4) is 0 Å². The van der Waals surface area contributed by atoms with Crippen molar-refractivity contribution < 1.29 is 4.79 Å². The van der Waals surface area contributed by atoms with Crippen LogP contribution in [-0.2, 0) is 17.9 Å². The van der Waals surface area contributed by atoms with Crippen LogP contribution in [0, 0.1) is 5.92 Å². The van der Waals surface area contributed by atoms with Crippen molar-refractivity contribution >= 4 is 5.91 Å². The summed E-state index contributed by atoms with van der Waals surface area (Å²) in [6, 6.07) is 9.12. The number of nitrogens with one attached hydrogen (secondary N) is 1. The van der Waals surface area contributed by atoms with Crippen molar-refractivity contribution in [1.82, 2.24) is 10.2 Å². The average molecular weight is 300 g/mol. The molecule has 3 rings (SSSR count). The number of carbonyl (C=O) groups excluding carboxylic acids is 1. The molecule has 1 atom stereocenters. The standard InChI is InChI=1S/C19H28N2O/c1-15(12-16-6-4-7-16)20-13-17-8-2-3-9-18(17)14-21-11-5-10-19(21)22/h2-3,8-9,15-16,20H,4-7,10-14H2,1H3/t15-/m1/s1. The van der Waals surface area contributed by atoms with Crippen LogP contribution in [0.25, 0.3) is 0 Å². The molecule has 0 spiro atoms. The van der Waals surface area contributed by atoms with Crippen molar-refractivity contribution in [3.63, 3.8) is 0 Å². The van der Waals surface area contributed by atoms with Crippen LogP contribution in [0.2, 0.25) is 0 Å². The number of carbonyl (C=O) groups is 1.